The normalized spacial score (nSPS) is 12.5. The van der Waals surface area contributed by atoms with Crippen molar-refractivity contribution >= 4 is 50.2 Å². The van der Waals surface area contributed by atoms with Crippen molar-refractivity contribution in [2.24, 2.45) is 0 Å². The second-order valence-corrected chi connectivity index (χ2v) is 18.6. The summed E-state index contributed by atoms with van der Waals surface area (Å²) in [6, 6.07) is 31.9. The van der Waals surface area contributed by atoms with Gasteiger partial charge in [0.1, 0.15) is 0 Å². The van der Waals surface area contributed by atoms with Gasteiger partial charge in [-0.15, -0.1) is 17.4 Å². The van der Waals surface area contributed by atoms with Crippen LogP contribution in [0.1, 0.15) is 128 Å². The van der Waals surface area contributed by atoms with Crippen LogP contribution in [0.3, 0.4) is 0 Å². The van der Waals surface area contributed by atoms with Crippen LogP contribution in [0.4, 0.5) is 11.4 Å². The molecule has 0 radical (unpaired) electrons. The van der Waals surface area contributed by atoms with Crippen molar-refractivity contribution in [3.8, 4) is 262 Å². The van der Waals surface area contributed by atoms with Gasteiger partial charge in [0.25, 0.3) is 0 Å². The lowest BCUT2D eigenvalue weighted by Crippen LogP contribution is -2.26. The average Bonchev–Trinajstić information content (AvgIpc) is 1.58. The molecule has 3 heteroatoms. The minimum Gasteiger partial charge on any atom is -0.272 e. The molecule has 86 heavy (non-hydrogen) atoms. The van der Waals surface area contributed by atoms with Gasteiger partial charge in [0.05, 0.1) is 17.0 Å². The van der Waals surface area contributed by atoms with Crippen molar-refractivity contribution in [2.45, 2.75) is 65.2 Å². The first-order valence-corrected chi connectivity index (χ1v) is 26.0. The molecule has 0 fully saturated rings. The number of hydrogen-bond acceptors (Lipinski definition) is 1. The molecule has 2 nitrogen and oxygen atoms in total. The van der Waals surface area contributed by atoms with Gasteiger partial charge in [-0.3, -0.25) is 4.90 Å². The topological polar surface area (TPSA) is 6.25 Å². The minimum atomic E-state index is -0.436. The number of nitrogens with zero attached hydrogens (tertiary/aromatic N) is 2. The molecule has 3 aliphatic rings. The van der Waals surface area contributed by atoms with Gasteiger partial charge in [-0.25, -0.2) is 0 Å². The fraction of sp³-hybridized carbons (Fsp3) is 0.120. The highest BCUT2D eigenvalue weighted by Gasteiger charge is 2.46. The zero-order valence-corrected chi connectivity index (χ0v) is 47.0. The van der Waals surface area contributed by atoms with E-state index >= 15 is 0 Å². The summed E-state index contributed by atoms with van der Waals surface area (Å²) >= 11 is 7.41. The predicted octanol–water partition coefficient (Wildman–Crippen LogP) is 21.9. The maximum absolute atomic E-state index is 7.41. The lowest BCUT2D eigenvalue weighted by Gasteiger charge is -2.24. The first-order chi connectivity index (χ1) is 41.7. The molecule has 0 amide bonds. The van der Waals surface area contributed by atoms with Crippen LogP contribution in [-0.2, 0) is 10.8 Å². The van der Waals surface area contributed by atoms with Crippen LogP contribution in [0, 0.1) is 262 Å². The van der Waals surface area contributed by atoms with E-state index < -0.39 is 10.8 Å². The van der Waals surface area contributed by atoms with Crippen LogP contribution in [0.2, 0.25) is 0 Å². The highest BCUT2D eigenvalue weighted by atomic mass is 35.5. The van der Waals surface area contributed by atoms with Gasteiger partial charge < -0.3 is 0 Å². The Balaban J connectivity index is -0.0000000497. The molecule has 0 atom stereocenters. The van der Waals surface area contributed by atoms with Crippen LogP contribution in [0.25, 0.3) is 21.5 Å². The zero-order chi connectivity index (χ0) is 59.8. The Morgan fingerprint density at radius 2 is 0.860 bits per heavy atom. The van der Waals surface area contributed by atoms with Gasteiger partial charge >= 0.3 is 0 Å². The van der Waals surface area contributed by atoms with Crippen LogP contribution in [-0.4, -0.2) is 10.3 Å². The third kappa shape index (κ3) is 16.7. The molecule has 0 N–H and O–H groups in total. The Bertz CT molecular complexity index is 5370. The molecule has 2 heterocycles. The van der Waals surface area contributed by atoms with Crippen LogP contribution in [0.15, 0.2) is 119 Å². The highest BCUT2D eigenvalue weighted by molar-refractivity contribution is 6.32. The molecule has 7 rings (SSSR count). The van der Waals surface area contributed by atoms with E-state index in [1.165, 1.54) is 11.1 Å². The summed E-state index contributed by atoms with van der Waals surface area (Å²) in [5.74, 6) is 104. The molecule has 0 unspecified atom stereocenters. The number of terminal acetylenes is 2. The zero-order valence-electron chi connectivity index (χ0n) is 46.3. The third-order valence-electron chi connectivity index (χ3n) is 12.4. The summed E-state index contributed by atoms with van der Waals surface area (Å²) in [4.78, 5) is 2.02. The molecule has 0 saturated carbocycles. The summed E-state index contributed by atoms with van der Waals surface area (Å²) in [5, 5.41) is 5.32. The van der Waals surface area contributed by atoms with Gasteiger partial charge in [-0.05, 0) is 184 Å². The largest absolute Gasteiger partial charge is 0.272 e. The standard InChI is InChI=1S/C82H36ClN2.CH4.44H2/c1-7-9-11-13-15-17-19-21-23-25-27-29-31-33-35-37-39-41-43-49-66-84-74-62-58-68-52-45-47-56-72(68)78(74)81(3,4)76(84)64-60-70-54-51-55-71(80(70)83)61-65-77-82(5,6)79-73-57-48-46-53-69(73)59-63-75(79)85(77)67-50-44-42-40-38-36-34-32-30-28-26-24-22-20-18-16-14-12-10-8-2;;;;;;;;;;;;;;;;;;;;;;;;;;;;;;;;;;;;;;;;;;;;;/h1-2,45-48,52-53,56-65H,51,54-55H2,3-6H3;1H4;44*1H/q+1;;;;;;;;;;;;;;;;;;;;;;;;;;;;;;;;;;;;;;;;;;;;;. The minimum absolute atomic E-state index is 0. The van der Waals surface area contributed by atoms with Crippen LogP contribution < -0.4 is 4.90 Å². The molecule has 4 aromatic carbocycles. The number of rotatable bonds is 3. The SMILES string of the molecule is C.C#CC#CC#CC#CC#CC#CC#CC#CC#CC#CC#CN1/C(=C/C=C2\CCCC(/C=C/C3=[N+](C#CC#CC#CC#CC#CC#CC#CC#CC#CC#CC#C)c4ccc5ccccc5c4C3(C)C)=C2Cl)C(C)(C)c2c1ccc1ccccc21.[HH].[HH].[HH].[HH].[HH].[HH].[HH].[HH].[HH].[HH].[HH].[HH].[HH].[HH].[HH].[HH].[HH].[HH].[HH].[HH].[HH].[HH].[HH].[HH].[HH].[HH].[HH].[HH].[HH].[HH].[HH].[HH].[HH].[HH].[HH].[HH].[HH].[HH].[HH].[HH].[HH].[HH].[HH].[HH]. The molecule has 2 aliphatic heterocycles. The second kappa shape index (κ2) is 32.5. The molecule has 476 valence electrons. The van der Waals surface area contributed by atoms with Gasteiger partial charge in [0.2, 0.25) is 17.4 Å². The molecule has 0 saturated heterocycles. The lowest BCUT2D eigenvalue weighted by atomic mass is 9.78. The van der Waals surface area contributed by atoms with Crippen LogP contribution >= 0.6 is 11.6 Å². The van der Waals surface area contributed by atoms with Crippen molar-refractivity contribution < 1.29 is 67.3 Å². The summed E-state index contributed by atoms with van der Waals surface area (Å²) in [7, 11) is 0. The van der Waals surface area contributed by atoms with Gasteiger partial charge in [0.15, 0.2) is 0 Å². The Hall–Kier alpha value is -13.6. The average molecular weight is 1190 g/mol. The molecule has 4 aromatic rings. The molecule has 0 aromatic heterocycles. The van der Waals surface area contributed by atoms with E-state index in [4.69, 9.17) is 24.4 Å². The molecular weight excluding hydrogens is 1060 g/mol. The fourth-order valence-electron chi connectivity index (χ4n) is 8.96. The van der Waals surface area contributed by atoms with E-state index in [0.29, 0.717) is 0 Å². The monoisotopic (exact) mass is 1190 g/mol. The maximum Gasteiger partial charge on any atom is 0.243 e. The third-order valence-corrected chi connectivity index (χ3v) is 12.9. The number of fused-ring (bicyclic) bond motifs is 6. The quantitative estimate of drug-likeness (QED) is 0.146. The van der Waals surface area contributed by atoms with E-state index in [9.17, 15) is 0 Å². The highest BCUT2D eigenvalue weighted by Crippen LogP contribution is 2.51. The smallest absolute Gasteiger partial charge is 0.243 e. The Kier molecular flexibility index (Phi) is 23.3. The number of anilines is 1. The molecule has 0 bridgehead atoms. The Labute approximate surface area is 579 Å². The number of allylic oxidation sites excluding steroid dienone is 8. The van der Waals surface area contributed by atoms with E-state index in [-0.39, 0.29) is 70.2 Å². The van der Waals surface area contributed by atoms with Crippen molar-refractivity contribution in [1.29, 1.82) is 0 Å². The number of halogens is 1. The maximum atomic E-state index is 7.41. The first-order valence-electron chi connectivity index (χ1n) is 25.6. The van der Waals surface area contributed by atoms with E-state index in [1.54, 1.807) is 0 Å². The molecule has 0 spiro atoms. The second-order valence-electron chi connectivity index (χ2n) is 18.2. The van der Waals surface area contributed by atoms with Gasteiger partial charge in [-0.1, -0.05) is 99.6 Å². The summed E-state index contributed by atoms with van der Waals surface area (Å²) in [6.07, 6.45) is 21.1. The molecule has 1 aliphatic carbocycles. The van der Waals surface area contributed by atoms with Gasteiger partial charge in [0, 0.05) is 239 Å². The fourth-order valence-corrected chi connectivity index (χ4v) is 9.27. The van der Waals surface area contributed by atoms with Gasteiger partial charge in [-0.2, -0.15) is 0 Å². The first kappa shape index (κ1) is 61.6. The predicted molar refractivity (Wildman–Crippen MR) is 446 cm³/mol. The lowest BCUT2D eigenvalue weighted by molar-refractivity contribution is -0.332. The number of benzene rings is 4. The van der Waals surface area contributed by atoms with Crippen LogP contribution in [0.5, 0.6) is 0 Å². The number of hydrogen-bond donors (Lipinski definition) is 0. The van der Waals surface area contributed by atoms with Crippen molar-refractivity contribution in [3.05, 3.63) is 130 Å². The molecular formula is C83H128ClN2+. The Morgan fingerprint density at radius 1 is 0.453 bits per heavy atom. The van der Waals surface area contributed by atoms with Crippen molar-refractivity contribution in [3.63, 3.8) is 0 Å². The summed E-state index contributed by atoms with van der Waals surface area (Å²) < 4.78 is 2.02. The van der Waals surface area contributed by atoms with E-state index in [1.807, 2.05) is 9.48 Å². The van der Waals surface area contributed by atoms with Crippen molar-refractivity contribution in [2.75, 3.05) is 4.90 Å². The summed E-state index contributed by atoms with van der Waals surface area (Å²) in [5.41, 5.74) is 7.49. The van der Waals surface area contributed by atoms with Crippen molar-refractivity contribution in [1.82, 2.24) is 0 Å². The van der Waals surface area contributed by atoms with E-state index in [0.717, 1.165) is 79.8 Å². The Morgan fingerprint density at radius 3 is 1.33 bits per heavy atom. The summed E-state index contributed by atoms with van der Waals surface area (Å²) in [6.45, 7) is 8.89. The van der Waals surface area contributed by atoms with E-state index in [2.05, 4.69) is 374 Å².